The third-order valence-electron chi connectivity index (χ3n) is 8.52. The number of anilines is 1. The summed E-state index contributed by atoms with van der Waals surface area (Å²) in [5.41, 5.74) is 7.43. The number of amides is 1. The van der Waals surface area contributed by atoms with Gasteiger partial charge in [0.25, 0.3) is 5.91 Å². The van der Waals surface area contributed by atoms with E-state index < -0.39 is 6.10 Å². The number of imidazole rings is 1. The minimum Gasteiger partial charge on any atom is -0.454 e. The minimum atomic E-state index is -0.807. The van der Waals surface area contributed by atoms with Crippen LogP contribution in [0, 0.1) is 11.8 Å². The number of rotatable bonds is 10. The Morgan fingerprint density at radius 1 is 1.11 bits per heavy atom. The lowest BCUT2D eigenvalue weighted by Crippen LogP contribution is -2.45. The zero-order valence-corrected chi connectivity index (χ0v) is 27.8. The van der Waals surface area contributed by atoms with Gasteiger partial charge in [0.05, 0.1) is 19.1 Å². The summed E-state index contributed by atoms with van der Waals surface area (Å²) in [6.07, 6.45) is 3.26. The molecule has 242 valence electrons. The Morgan fingerprint density at radius 3 is 2.60 bits per heavy atom. The van der Waals surface area contributed by atoms with Crippen molar-refractivity contribution in [2.45, 2.75) is 55.8 Å². The molecule has 45 heavy (non-hydrogen) atoms. The van der Waals surface area contributed by atoms with Crippen molar-refractivity contribution in [3.63, 3.8) is 0 Å². The average Bonchev–Trinajstić information content (AvgIpc) is 3.64. The van der Waals surface area contributed by atoms with Crippen LogP contribution in [0.4, 0.5) is 5.82 Å². The van der Waals surface area contributed by atoms with E-state index in [4.69, 9.17) is 29.7 Å². The summed E-state index contributed by atoms with van der Waals surface area (Å²) >= 11 is 5.14. The number of nitrogens with two attached hydrogens (primary N) is 1. The molecule has 5 heterocycles. The van der Waals surface area contributed by atoms with Gasteiger partial charge in [0.1, 0.15) is 6.33 Å². The lowest BCUT2D eigenvalue weighted by Gasteiger charge is -2.34. The molecule has 0 saturated carbocycles. The number of likely N-dealkylation sites (tertiary alicyclic amines) is 1. The molecular weight excluding hydrogens is 666 g/mol. The van der Waals surface area contributed by atoms with E-state index in [-0.39, 0.29) is 24.6 Å². The molecule has 3 aliphatic heterocycles. The monoisotopic (exact) mass is 703 g/mol. The van der Waals surface area contributed by atoms with Crippen molar-refractivity contribution in [1.82, 2.24) is 29.3 Å². The molecule has 13 nitrogen and oxygen atoms in total. The molecular formula is C30H38BrN7O6S. The number of ether oxygens (including phenoxy) is 4. The van der Waals surface area contributed by atoms with Crippen LogP contribution in [0.15, 0.2) is 33.0 Å². The number of esters is 1. The Kier molecular flexibility index (Phi) is 9.97. The van der Waals surface area contributed by atoms with E-state index in [1.807, 2.05) is 24.0 Å². The second-order valence-corrected chi connectivity index (χ2v) is 13.5. The second kappa shape index (κ2) is 14.1. The van der Waals surface area contributed by atoms with Crippen LogP contribution in [0.2, 0.25) is 0 Å². The third kappa shape index (κ3) is 7.31. The molecule has 0 aliphatic carbocycles. The maximum Gasteiger partial charge on any atom is 0.310 e. The van der Waals surface area contributed by atoms with Crippen LogP contribution in [0.25, 0.3) is 11.2 Å². The molecule has 0 bridgehead atoms. The van der Waals surface area contributed by atoms with Crippen molar-refractivity contribution >= 4 is 56.6 Å². The van der Waals surface area contributed by atoms with E-state index in [1.165, 1.54) is 18.1 Å². The quantitative estimate of drug-likeness (QED) is 0.308. The summed E-state index contributed by atoms with van der Waals surface area (Å²) in [4.78, 5) is 44.2. The van der Waals surface area contributed by atoms with Gasteiger partial charge in [-0.25, -0.2) is 15.0 Å². The Balaban J connectivity index is 1.04. The Labute approximate surface area is 274 Å². The van der Waals surface area contributed by atoms with Gasteiger partial charge in [-0.2, -0.15) is 0 Å². The normalized spacial score (nSPS) is 18.7. The minimum absolute atomic E-state index is 0.138. The second-order valence-electron chi connectivity index (χ2n) is 11.7. The van der Waals surface area contributed by atoms with E-state index in [9.17, 15) is 9.59 Å². The molecule has 1 aromatic carbocycles. The fourth-order valence-corrected chi connectivity index (χ4v) is 7.39. The summed E-state index contributed by atoms with van der Waals surface area (Å²) in [6, 6.07) is 3.83. The first-order valence-electron chi connectivity index (χ1n) is 15.3. The molecule has 15 heteroatoms. The van der Waals surface area contributed by atoms with Crippen molar-refractivity contribution < 1.29 is 28.5 Å². The van der Waals surface area contributed by atoms with Crippen LogP contribution in [-0.4, -0.2) is 100 Å². The summed E-state index contributed by atoms with van der Waals surface area (Å²) in [5, 5.41) is 0.753. The molecule has 0 radical (unpaired) electrons. The Morgan fingerprint density at radius 2 is 1.84 bits per heavy atom. The molecule has 3 aromatic rings. The predicted octanol–water partition coefficient (Wildman–Crippen LogP) is 3.58. The van der Waals surface area contributed by atoms with Crippen LogP contribution >= 0.6 is 27.7 Å². The van der Waals surface area contributed by atoms with Gasteiger partial charge in [-0.05, 0) is 60.2 Å². The van der Waals surface area contributed by atoms with Gasteiger partial charge in [0.15, 0.2) is 39.7 Å². The first-order chi connectivity index (χ1) is 21.8. The molecule has 2 saturated heterocycles. The van der Waals surface area contributed by atoms with Gasteiger partial charge in [0, 0.05) is 48.6 Å². The fraction of sp³-hybridized carbons (Fsp3) is 0.567. The van der Waals surface area contributed by atoms with Gasteiger partial charge in [-0.1, -0.05) is 18.7 Å². The maximum absolute atomic E-state index is 13.2. The SMILES string of the molecule is C[C@H](OC(=O)[C@@H](C)CN1CCOCC1)C(=O)N1CCC(CCn2c(Sc3cc4c(cc3Br)OCO4)nc3c(N)ncnc32)CC1. The topological polar surface area (TPSA) is 147 Å². The van der Waals surface area contributed by atoms with Crippen molar-refractivity contribution in [3.8, 4) is 11.5 Å². The standard InChI is InChI=1S/C30H38BrN7O6S/c1-18(15-36-9-11-41-12-10-36)29(40)44-19(2)28(39)37-6-3-20(4-7-37)5-8-38-27-25(26(32)33-16-34-27)35-30(38)45-24-14-23-22(13-21(24)31)42-17-43-23/h13-14,16,18-20H,3-12,15,17H2,1-2H3,(H2,32,33,34)/t18-,19-/m0/s1. The number of benzene rings is 1. The number of nitrogens with zero attached hydrogens (tertiary/aromatic N) is 6. The third-order valence-corrected chi connectivity index (χ3v) is 10.5. The number of aryl methyl sites for hydroxylation is 1. The predicted molar refractivity (Wildman–Crippen MR) is 170 cm³/mol. The molecule has 3 aliphatic rings. The average molecular weight is 705 g/mol. The Bertz CT molecular complexity index is 1540. The van der Waals surface area contributed by atoms with Crippen LogP contribution in [-0.2, 0) is 25.6 Å². The number of carbonyl (C=O) groups is 2. The van der Waals surface area contributed by atoms with E-state index in [0.717, 1.165) is 46.9 Å². The van der Waals surface area contributed by atoms with Crippen molar-refractivity contribution in [3.05, 3.63) is 22.9 Å². The zero-order chi connectivity index (χ0) is 31.5. The van der Waals surface area contributed by atoms with Crippen LogP contribution in [0.3, 0.4) is 0 Å². The van der Waals surface area contributed by atoms with E-state index in [2.05, 4.69) is 35.4 Å². The lowest BCUT2D eigenvalue weighted by molar-refractivity contribution is -0.163. The summed E-state index contributed by atoms with van der Waals surface area (Å²) < 4.78 is 25.0. The van der Waals surface area contributed by atoms with Crippen molar-refractivity contribution in [2.24, 2.45) is 11.8 Å². The van der Waals surface area contributed by atoms with Crippen molar-refractivity contribution in [1.29, 1.82) is 0 Å². The highest BCUT2D eigenvalue weighted by Gasteiger charge is 2.30. The van der Waals surface area contributed by atoms with Gasteiger partial charge >= 0.3 is 5.97 Å². The molecule has 2 N–H and O–H groups in total. The van der Waals surface area contributed by atoms with Gasteiger partial charge in [0.2, 0.25) is 6.79 Å². The fourth-order valence-electron chi connectivity index (χ4n) is 5.89. The molecule has 1 amide bonds. The number of hydrogen-bond donors (Lipinski definition) is 1. The highest BCUT2D eigenvalue weighted by molar-refractivity contribution is 9.10. The van der Waals surface area contributed by atoms with Gasteiger partial charge in [-0.15, -0.1) is 0 Å². The number of nitrogen functional groups attached to an aromatic ring is 1. The van der Waals surface area contributed by atoms with E-state index >= 15 is 0 Å². The molecule has 2 atom stereocenters. The first-order valence-corrected chi connectivity index (χ1v) is 16.9. The highest BCUT2D eigenvalue weighted by atomic mass is 79.9. The van der Waals surface area contributed by atoms with Crippen LogP contribution in [0.5, 0.6) is 11.5 Å². The van der Waals surface area contributed by atoms with Gasteiger partial charge in [-0.3, -0.25) is 14.5 Å². The smallest absolute Gasteiger partial charge is 0.310 e. The molecule has 6 rings (SSSR count). The van der Waals surface area contributed by atoms with Crippen LogP contribution in [0.1, 0.15) is 33.1 Å². The van der Waals surface area contributed by atoms with Crippen molar-refractivity contribution in [2.75, 3.05) is 58.5 Å². The molecule has 0 unspecified atom stereocenters. The zero-order valence-electron chi connectivity index (χ0n) is 25.4. The van der Waals surface area contributed by atoms with Crippen LogP contribution < -0.4 is 15.2 Å². The van der Waals surface area contributed by atoms with Gasteiger partial charge < -0.3 is 34.1 Å². The first kappa shape index (κ1) is 31.8. The summed E-state index contributed by atoms with van der Waals surface area (Å²) in [5.74, 6) is 1.35. The number of piperidine rings is 1. The summed E-state index contributed by atoms with van der Waals surface area (Å²) in [6.45, 7) is 9.21. The lowest BCUT2D eigenvalue weighted by atomic mass is 9.93. The van der Waals surface area contributed by atoms with E-state index in [1.54, 1.807) is 6.92 Å². The highest BCUT2D eigenvalue weighted by Crippen LogP contribution is 2.43. The maximum atomic E-state index is 13.2. The number of fused-ring (bicyclic) bond motifs is 2. The molecule has 2 aromatic heterocycles. The molecule has 2 fully saturated rings. The Hall–Kier alpha value is -3.14. The number of carbonyl (C=O) groups excluding carboxylic acids is 2. The molecule has 0 spiro atoms. The number of hydrogen-bond acceptors (Lipinski definition) is 12. The number of morpholine rings is 1. The summed E-state index contributed by atoms with van der Waals surface area (Å²) in [7, 11) is 0. The largest absolute Gasteiger partial charge is 0.454 e. The number of halogens is 1. The number of aromatic nitrogens is 4. The van der Waals surface area contributed by atoms with E-state index in [0.29, 0.717) is 73.8 Å².